The molecule has 0 radical (unpaired) electrons. The highest BCUT2D eigenvalue weighted by Gasteiger charge is 2.33. The standard InChI is InChI=1S/C27H46N4O10/c1-10-11-18(32)29-21(14(4)5)27(38)41-17(9)24(35)31-20(13(2)3)25(36)39-12-19(33)30-22(15(6)7)26(37)40-16(8)23(28)34/h13-17,20-22H,10-12H2,1-9H3,(H2,28,34)(H,29,32)(H,30,33)(H,31,35)/t16-,17-,20-,21+,22+/m0/s1. The molecule has 0 aromatic rings. The zero-order valence-corrected chi connectivity index (χ0v) is 25.4. The van der Waals surface area contributed by atoms with E-state index in [1.807, 2.05) is 6.92 Å². The van der Waals surface area contributed by atoms with Crippen LogP contribution in [0.3, 0.4) is 0 Å². The van der Waals surface area contributed by atoms with Crippen molar-refractivity contribution in [2.45, 2.75) is 105 Å². The van der Waals surface area contributed by atoms with Crippen LogP contribution in [0.25, 0.3) is 0 Å². The summed E-state index contributed by atoms with van der Waals surface area (Å²) < 4.78 is 15.2. The SMILES string of the molecule is CCCC(=O)N[C@@H](C(=O)O[C@@H](C)C(=O)N[C@H](C(=O)OCC(=O)N[C@@H](C(=O)O[C@@H](C)C(N)=O)C(C)C)C(C)C)C(C)C. The van der Waals surface area contributed by atoms with Gasteiger partial charge in [-0.1, -0.05) is 48.5 Å². The van der Waals surface area contributed by atoms with E-state index in [4.69, 9.17) is 19.9 Å². The van der Waals surface area contributed by atoms with E-state index in [0.717, 1.165) is 0 Å². The molecule has 5 atom stereocenters. The molecule has 0 aromatic heterocycles. The Labute approximate surface area is 241 Å². The number of ether oxygens (including phenoxy) is 3. The third kappa shape index (κ3) is 13.5. The van der Waals surface area contributed by atoms with E-state index in [-0.39, 0.29) is 18.2 Å². The van der Waals surface area contributed by atoms with Crippen LogP contribution in [0.1, 0.15) is 75.2 Å². The molecule has 0 spiro atoms. The van der Waals surface area contributed by atoms with Crippen LogP contribution in [-0.4, -0.2) is 78.5 Å². The highest BCUT2D eigenvalue weighted by molar-refractivity contribution is 5.91. The van der Waals surface area contributed by atoms with Gasteiger partial charge in [-0.3, -0.25) is 19.2 Å². The van der Waals surface area contributed by atoms with Crippen LogP contribution in [0.2, 0.25) is 0 Å². The smallest absolute Gasteiger partial charge is 0.329 e. The second kappa shape index (κ2) is 17.9. The van der Waals surface area contributed by atoms with Crippen molar-refractivity contribution in [1.82, 2.24) is 16.0 Å². The molecule has 5 N–H and O–H groups in total. The van der Waals surface area contributed by atoms with E-state index < -0.39 is 84.4 Å². The number of hydrogen-bond acceptors (Lipinski definition) is 10. The lowest BCUT2D eigenvalue weighted by Gasteiger charge is -2.25. The lowest BCUT2D eigenvalue weighted by molar-refractivity contribution is -0.161. The van der Waals surface area contributed by atoms with E-state index in [1.54, 1.807) is 41.5 Å². The lowest BCUT2D eigenvalue weighted by Crippen LogP contribution is -2.52. The molecule has 0 heterocycles. The highest BCUT2D eigenvalue weighted by Crippen LogP contribution is 2.10. The van der Waals surface area contributed by atoms with E-state index in [9.17, 15) is 33.6 Å². The first-order chi connectivity index (χ1) is 18.9. The Morgan fingerprint density at radius 1 is 0.610 bits per heavy atom. The first-order valence-corrected chi connectivity index (χ1v) is 13.7. The van der Waals surface area contributed by atoms with Gasteiger partial charge < -0.3 is 35.9 Å². The number of esters is 3. The van der Waals surface area contributed by atoms with Gasteiger partial charge in [0.1, 0.15) is 18.1 Å². The molecular weight excluding hydrogens is 540 g/mol. The quantitative estimate of drug-likeness (QED) is 0.133. The molecular formula is C27H46N4O10. The molecule has 0 fully saturated rings. The van der Waals surface area contributed by atoms with Gasteiger partial charge >= 0.3 is 17.9 Å². The first-order valence-electron chi connectivity index (χ1n) is 13.7. The van der Waals surface area contributed by atoms with Crippen LogP contribution in [-0.2, 0) is 47.8 Å². The Kier molecular flexibility index (Phi) is 16.3. The van der Waals surface area contributed by atoms with Crippen LogP contribution in [0, 0.1) is 17.8 Å². The van der Waals surface area contributed by atoms with Crippen LogP contribution in [0.15, 0.2) is 0 Å². The second-order valence-corrected chi connectivity index (χ2v) is 10.7. The van der Waals surface area contributed by atoms with E-state index in [2.05, 4.69) is 16.0 Å². The number of carbonyl (C=O) groups is 7. The maximum atomic E-state index is 12.7. The summed E-state index contributed by atoms with van der Waals surface area (Å²) in [7, 11) is 0. The molecule has 0 aliphatic rings. The van der Waals surface area contributed by atoms with Crippen molar-refractivity contribution in [3.63, 3.8) is 0 Å². The molecule has 0 unspecified atom stereocenters. The predicted octanol–water partition coefficient (Wildman–Crippen LogP) is 0.101. The fourth-order valence-corrected chi connectivity index (χ4v) is 3.28. The number of nitrogens with one attached hydrogen (secondary N) is 3. The first kappa shape index (κ1) is 37.3. The van der Waals surface area contributed by atoms with Crippen molar-refractivity contribution in [1.29, 1.82) is 0 Å². The Hall–Kier alpha value is -3.71. The Morgan fingerprint density at radius 3 is 1.44 bits per heavy atom. The van der Waals surface area contributed by atoms with Gasteiger partial charge in [0.05, 0.1) is 0 Å². The number of primary amides is 1. The van der Waals surface area contributed by atoms with Crippen molar-refractivity contribution in [2.24, 2.45) is 23.5 Å². The van der Waals surface area contributed by atoms with Gasteiger partial charge in [0.25, 0.3) is 17.7 Å². The van der Waals surface area contributed by atoms with Gasteiger partial charge in [0.2, 0.25) is 5.91 Å². The lowest BCUT2D eigenvalue weighted by atomic mass is 10.0. The largest absolute Gasteiger partial charge is 0.454 e. The van der Waals surface area contributed by atoms with Gasteiger partial charge in [0, 0.05) is 6.42 Å². The summed E-state index contributed by atoms with van der Waals surface area (Å²) in [6, 6.07) is -3.29. The summed E-state index contributed by atoms with van der Waals surface area (Å²) in [4.78, 5) is 86.0. The topological polar surface area (TPSA) is 209 Å². The minimum atomic E-state index is -1.30. The summed E-state index contributed by atoms with van der Waals surface area (Å²) in [6.07, 6.45) is -1.67. The fraction of sp³-hybridized carbons (Fsp3) is 0.741. The van der Waals surface area contributed by atoms with Crippen molar-refractivity contribution < 1.29 is 47.8 Å². The summed E-state index contributed by atoms with van der Waals surface area (Å²) in [5, 5.41) is 7.44. The van der Waals surface area contributed by atoms with Crippen LogP contribution in [0.4, 0.5) is 0 Å². The fourth-order valence-electron chi connectivity index (χ4n) is 3.28. The number of nitrogens with two attached hydrogens (primary N) is 1. The Balaban J connectivity index is 5.17. The minimum absolute atomic E-state index is 0.236. The minimum Gasteiger partial charge on any atom is -0.454 e. The molecule has 4 amide bonds. The molecule has 0 aliphatic heterocycles. The molecule has 0 saturated heterocycles. The predicted molar refractivity (Wildman–Crippen MR) is 146 cm³/mol. The highest BCUT2D eigenvalue weighted by atomic mass is 16.6. The zero-order chi connectivity index (χ0) is 32.0. The normalized spacial score (nSPS) is 14.7. The second-order valence-electron chi connectivity index (χ2n) is 10.7. The number of rotatable bonds is 17. The molecule has 234 valence electrons. The van der Waals surface area contributed by atoms with Crippen molar-refractivity contribution in [3.05, 3.63) is 0 Å². The Bertz CT molecular complexity index is 950. The third-order valence-corrected chi connectivity index (χ3v) is 5.87. The molecule has 14 heteroatoms. The van der Waals surface area contributed by atoms with Crippen LogP contribution >= 0.6 is 0 Å². The maximum Gasteiger partial charge on any atom is 0.329 e. The number of carbonyl (C=O) groups excluding carboxylic acids is 7. The van der Waals surface area contributed by atoms with E-state index >= 15 is 0 Å². The van der Waals surface area contributed by atoms with Crippen LogP contribution in [0.5, 0.6) is 0 Å². The molecule has 0 aromatic carbocycles. The molecule has 41 heavy (non-hydrogen) atoms. The average molecular weight is 587 g/mol. The monoisotopic (exact) mass is 586 g/mol. The van der Waals surface area contributed by atoms with Gasteiger partial charge in [-0.2, -0.15) is 0 Å². The molecule has 0 aliphatic carbocycles. The van der Waals surface area contributed by atoms with E-state index in [0.29, 0.717) is 6.42 Å². The molecule has 0 saturated carbocycles. The van der Waals surface area contributed by atoms with Crippen molar-refractivity contribution in [3.8, 4) is 0 Å². The number of amides is 4. The van der Waals surface area contributed by atoms with Crippen LogP contribution < -0.4 is 21.7 Å². The van der Waals surface area contributed by atoms with Gasteiger partial charge in [-0.25, -0.2) is 14.4 Å². The molecule has 0 rings (SSSR count). The van der Waals surface area contributed by atoms with Gasteiger partial charge in [-0.05, 0) is 38.0 Å². The summed E-state index contributed by atoms with van der Waals surface area (Å²) in [5.74, 6) is -6.58. The third-order valence-electron chi connectivity index (χ3n) is 5.87. The van der Waals surface area contributed by atoms with Gasteiger partial charge in [-0.15, -0.1) is 0 Å². The van der Waals surface area contributed by atoms with Gasteiger partial charge in [0.15, 0.2) is 18.8 Å². The molecule has 0 bridgehead atoms. The zero-order valence-electron chi connectivity index (χ0n) is 25.4. The number of hydrogen-bond donors (Lipinski definition) is 4. The molecule has 14 nitrogen and oxygen atoms in total. The summed E-state index contributed by atoms with van der Waals surface area (Å²) in [5.41, 5.74) is 5.09. The Morgan fingerprint density at radius 2 is 1.02 bits per heavy atom. The summed E-state index contributed by atoms with van der Waals surface area (Å²) >= 11 is 0. The van der Waals surface area contributed by atoms with E-state index in [1.165, 1.54) is 13.8 Å². The summed E-state index contributed by atoms with van der Waals surface area (Å²) in [6.45, 7) is 13.6. The van der Waals surface area contributed by atoms with Crippen molar-refractivity contribution >= 4 is 41.5 Å². The maximum absolute atomic E-state index is 12.7. The van der Waals surface area contributed by atoms with Crippen molar-refractivity contribution in [2.75, 3.05) is 6.61 Å². The average Bonchev–Trinajstić information content (AvgIpc) is 2.86.